The molecule has 2 aliphatic rings. The second kappa shape index (κ2) is 7.30. The van der Waals surface area contributed by atoms with E-state index in [2.05, 4.69) is 24.4 Å². The molecule has 1 heterocycles. The van der Waals surface area contributed by atoms with Crippen LogP contribution in [0.2, 0.25) is 0 Å². The third kappa shape index (κ3) is 4.36. The Morgan fingerprint density at radius 3 is 2.29 bits per heavy atom. The van der Waals surface area contributed by atoms with Crippen molar-refractivity contribution in [2.24, 2.45) is 5.41 Å². The van der Waals surface area contributed by atoms with Crippen LogP contribution in [0.4, 0.5) is 0 Å². The van der Waals surface area contributed by atoms with Gasteiger partial charge in [0, 0.05) is 18.5 Å². The van der Waals surface area contributed by atoms with Crippen LogP contribution in [-0.4, -0.2) is 30.0 Å². The lowest BCUT2D eigenvalue weighted by Gasteiger charge is -2.33. The largest absolute Gasteiger partial charge is 0.381 e. The first-order valence-corrected chi connectivity index (χ1v) is 8.83. The standard InChI is InChI=1S/C14H26OS2/c16-11-14(7-3-1-2-4-8-14)12-17-13-5-9-15-10-6-13/h13,16H,1-12H2. The molecule has 0 radical (unpaired) electrons. The van der Waals surface area contributed by atoms with Gasteiger partial charge in [-0.15, -0.1) is 0 Å². The number of hydrogen-bond acceptors (Lipinski definition) is 3. The Balaban J connectivity index is 1.80. The van der Waals surface area contributed by atoms with Gasteiger partial charge in [-0.2, -0.15) is 24.4 Å². The van der Waals surface area contributed by atoms with Crippen LogP contribution in [-0.2, 0) is 4.74 Å². The van der Waals surface area contributed by atoms with Gasteiger partial charge in [-0.05, 0) is 42.6 Å². The smallest absolute Gasteiger partial charge is 0.0476 e. The molecule has 0 aromatic rings. The summed E-state index contributed by atoms with van der Waals surface area (Å²) in [5.41, 5.74) is 0.544. The Kier molecular flexibility index (Phi) is 6.04. The van der Waals surface area contributed by atoms with Gasteiger partial charge in [-0.25, -0.2) is 0 Å². The summed E-state index contributed by atoms with van der Waals surface area (Å²) in [6, 6.07) is 0. The van der Waals surface area contributed by atoms with E-state index in [-0.39, 0.29) is 0 Å². The molecule has 0 bridgehead atoms. The molecule has 0 spiro atoms. The predicted octanol–water partition coefficient (Wildman–Crippen LogP) is 4.17. The fourth-order valence-corrected chi connectivity index (χ4v) is 5.05. The van der Waals surface area contributed by atoms with Crippen molar-refractivity contribution in [2.75, 3.05) is 24.7 Å². The van der Waals surface area contributed by atoms with Crippen molar-refractivity contribution < 1.29 is 4.74 Å². The van der Waals surface area contributed by atoms with Crippen LogP contribution in [0.25, 0.3) is 0 Å². The van der Waals surface area contributed by atoms with E-state index in [1.165, 1.54) is 57.1 Å². The quantitative estimate of drug-likeness (QED) is 0.608. The van der Waals surface area contributed by atoms with Crippen LogP contribution in [0.15, 0.2) is 0 Å². The molecule has 1 saturated heterocycles. The monoisotopic (exact) mass is 274 g/mol. The van der Waals surface area contributed by atoms with Gasteiger partial charge in [-0.1, -0.05) is 25.7 Å². The van der Waals surface area contributed by atoms with Crippen LogP contribution >= 0.6 is 24.4 Å². The maximum atomic E-state index is 5.43. The van der Waals surface area contributed by atoms with Gasteiger partial charge in [-0.3, -0.25) is 0 Å². The lowest BCUT2D eigenvalue weighted by atomic mass is 9.84. The predicted molar refractivity (Wildman–Crippen MR) is 80.3 cm³/mol. The van der Waals surface area contributed by atoms with Crippen molar-refractivity contribution in [3.63, 3.8) is 0 Å². The van der Waals surface area contributed by atoms with Gasteiger partial charge in [0.15, 0.2) is 0 Å². The molecule has 1 nitrogen and oxygen atoms in total. The summed E-state index contributed by atoms with van der Waals surface area (Å²) in [5, 5.41) is 0.851. The van der Waals surface area contributed by atoms with Crippen molar-refractivity contribution in [1.82, 2.24) is 0 Å². The van der Waals surface area contributed by atoms with Crippen molar-refractivity contribution in [1.29, 1.82) is 0 Å². The lowest BCUT2D eigenvalue weighted by molar-refractivity contribution is 0.0999. The first-order valence-electron chi connectivity index (χ1n) is 7.15. The van der Waals surface area contributed by atoms with Crippen molar-refractivity contribution in [2.45, 2.75) is 56.6 Å². The first-order chi connectivity index (χ1) is 8.35. The Morgan fingerprint density at radius 1 is 1.06 bits per heavy atom. The number of rotatable bonds is 4. The van der Waals surface area contributed by atoms with Gasteiger partial charge < -0.3 is 4.74 Å². The molecule has 0 aromatic carbocycles. The van der Waals surface area contributed by atoms with E-state index >= 15 is 0 Å². The van der Waals surface area contributed by atoms with E-state index in [0.29, 0.717) is 5.41 Å². The van der Waals surface area contributed by atoms with Crippen molar-refractivity contribution >= 4 is 24.4 Å². The van der Waals surface area contributed by atoms with Crippen LogP contribution in [0, 0.1) is 5.41 Å². The highest BCUT2D eigenvalue weighted by Crippen LogP contribution is 2.40. The van der Waals surface area contributed by atoms with Gasteiger partial charge in [0.2, 0.25) is 0 Å². The molecule has 1 aliphatic carbocycles. The van der Waals surface area contributed by atoms with Crippen molar-refractivity contribution in [3.8, 4) is 0 Å². The van der Waals surface area contributed by atoms with Crippen molar-refractivity contribution in [3.05, 3.63) is 0 Å². The SMILES string of the molecule is SCC1(CSC2CCOCC2)CCCCCC1. The zero-order valence-electron chi connectivity index (χ0n) is 10.8. The Morgan fingerprint density at radius 2 is 1.71 bits per heavy atom. The molecule has 0 unspecified atom stereocenters. The van der Waals surface area contributed by atoms with Gasteiger partial charge in [0.05, 0.1) is 0 Å². The zero-order chi connectivity index (χ0) is 12.0. The summed E-state index contributed by atoms with van der Waals surface area (Å²) in [6.45, 7) is 1.96. The molecule has 100 valence electrons. The minimum Gasteiger partial charge on any atom is -0.381 e. The Bertz CT molecular complexity index is 206. The first kappa shape index (κ1) is 14.1. The maximum Gasteiger partial charge on any atom is 0.0476 e. The second-order valence-electron chi connectivity index (χ2n) is 5.70. The highest BCUT2D eigenvalue weighted by atomic mass is 32.2. The number of ether oxygens (including phenoxy) is 1. The van der Waals surface area contributed by atoms with Crippen LogP contribution in [0.3, 0.4) is 0 Å². The van der Waals surface area contributed by atoms with E-state index < -0.39 is 0 Å². The minimum absolute atomic E-state index is 0.544. The average Bonchev–Trinajstić information content (AvgIpc) is 2.64. The molecular weight excluding hydrogens is 248 g/mol. The fourth-order valence-electron chi connectivity index (χ4n) is 2.96. The minimum atomic E-state index is 0.544. The van der Waals surface area contributed by atoms with Crippen LogP contribution in [0.5, 0.6) is 0 Å². The molecular formula is C14H26OS2. The Hall–Kier alpha value is 0.660. The normalized spacial score (nSPS) is 26.6. The average molecular weight is 274 g/mol. The number of thioether (sulfide) groups is 1. The van der Waals surface area contributed by atoms with Crippen LogP contribution in [0.1, 0.15) is 51.4 Å². The third-order valence-electron chi connectivity index (χ3n) is 4.29. The van der Waals surface area contributed by atoms with E-state index in [9.17, 15) is 0 Å². The second-order valence-corrected chi connectivity index (χ2v) is 7.30. The number of thiol groups is 1. The zero-order valence-corrected chi connectivity index (χ0v) is 12.5. The van der Waals surface area contributed by atoms with E-state index in [1.807, 2.05) is 0 Å². The van der Waals surface area contributed by atoms with E-state index in [4.69, 9.17) is 4.74 Å². The maximum absolute atomic E-state index is 5.43. The summed E-state index contributed by atoms with van der Waals surface area (Å²) in [4.78, 5) is 0. The summed E-state index contributed by atoms with van der Waals surface area (Å²) < 4.78 is 5.43. The third-order valence-corrected chi connectivity index (χ3v) is 6.69. The topological polar surface area (TPSA) is 9.23 Å². The molecule has 0 atom stereocenters. The summed E-state index contributed by atoms with van der Waals surface area (Å²) in [5.74, 6) is 2.42. The summed E-state index contributed by atoms with van der Waals surface area (Å²) >= 11 is 6.86. The lowest BCUT2D eigenvalue weighted by Crippen LogP contribution is -2.28. The molecule has 2 rings (SSSR count). The molecule has 0 N–H and O–H groups in total. The molecule has 17 heavy (non-hydrogen) atoms. The van der Waals surface area contributed by atoms with E-state index in [1.54, 1.807) is 0 Å². The molecule has 3 heteroatoms. The molecule has 1 saturated carbocycles. The number of hydrogen-bond donors (Lipinski definition) is 1. The Labute approximate surface area is 116 Å². The summed E-state index contributed by atoms with van der Waals surface area (Å²) in [6.07, 6.45) is 11.1. The van der Waals surface area contributed by atoms with Gasteiger partial charge in [0.1, 0.15) is 0 Å². The molecule has 0 aromatic heterocycles. The van der Waals surface area contributed by atoms with Gasteiger partial charge in [0.25, 0.3) is 0 Å². The van der Waals surface area contributed by atoms with E-state index in [0.717, 1.165) is 24.2 Å². The summed E-state index contributed by atoms with van der Waals surface area (Å²) in [7, 11) is 0. The molecule has 1 aliphatic heterocycles. The molecule has 2 fully saturated rings. The highest BCUT2D eigenvalue weighted by Gasteiger charge is 2.30. The van der Waals surface area contributed by atoms with Crippen LogP contribution < -0.4 is 0 Å². The fraction of sp³-hybridized carbons (Fsp3) is 1.00. The molecule has 0 amide bonds. The van der Waals surface area contributed by atoms with Gasteiger partial charge >= 0.3 is 0 Å². The highest BCUT2D eigenvalue weighted by molar-refractivity contribution is 7.99.